The molecule has 0 aliphatic rings. The summed E-state index contributed by atoms with van der Waals surface area (Å²) < 4.78 is 0. The predicted octanol–water partition coefficient (Wildman–Crippen LogP) is 2.32. The van der Waals surface area contributed by atoms with Crippen LogP contribution in [0, 0.1) is 13.8 Å². The van der Waals surface area contributed by atoms with Gasteiger partial charge in [0.1, 0.15) is 5.56 Å². The van der Waals surface area contributed by atoms with E-state index in [2.05, 4.69) is 37.5 Å². The number of hydrogen-bond donors (Lipinski definition) is 3. The molecule has 29 heavy (non-hydrogen) atoms. The highest BCUT2D eigenvalue weighted by atomic mass is 16.2. The van der Waals surface area contributed by atoms with Crippen LogP contribution in [0.4, 0.5) is 0 Å². The van der Waals surface area contributed by atoms with Crippen molar-refractivity contribution < 1.29 is 4.79 Å². The molecule has 3 aromatic rings. The lowest BCUT2D eigenvalue weighted by Gasteiger charge is -2.16. The van der Waals surface area contributed by atoms with Crippen LogP contribution in [-0.2, 0) is 19.5 Å². The summed E-state index contributed by atoms with van der Waals surface area (Å²) in [7, 11) is 2.01. The number of H-pyrrole nitrogens is 2. The van der Waals surface area contributed by atoms with Crippen molar-refractivity contribution in [1.82, 2.24) is 25.4 Å². The van der Waals surface area contributed by atoms with Crippen molar-refractivity contribution in [3.05, 3.63) is 86.6 Å². The molecule has 0 unspecified atom stereocenters. The van der Waals surface area contributed by atoms with E-state index in [1.165, 1.54) is 5.56 Å². The van der Waals surface area contributed by atoms with Crippen molar-refractivity contribution in [3.8, 4) is 0 Å². The van der Waals surface area contributed by atoms with Gasteiger partial charge < -0.3 is 15.2 Å². The average molecular weight is 393 g/mol. The van der Waals surface area contributed by atoms with Gasteiger partial charge in [-0.15, -0.1) is 0 Å². The van der Waals surface area contributed by atoms with Crippen LogP contribution in [0.2, 0.25) is 0 Å². The van der Waals surface area contributed by atoms with Crippen LogP contribution >= 0.6 is 0 Å². The highest BCUT2D eigenvalue weighted by Gasteiger charge is 2.13. The van der Waals surface area contributed by atoms with Crippen molar-refractivity contribution in [2.45, 2.75) is 33.4 Å². The molecule has 1 aromatic carbocycles. The van der Waals surface area contributed by atoms with Crippen LogP contribution in [0.1, 0.15) is 38.6 Å². The van der Waals surface area contributed by atoms with Gasteiger partial charge in [0.25, 0.3) is 11.5 Å². The molecule has 0 aliphatic carbocycles. The summed E-state index contributed by atoms with van der Waals surface area (Å²) in [6.45, 7) is 5.59. The van der Waals surface area contributed by atoms with E-state index in [4.69, 9.17) is 0 Å². The number of pyridine rings is 1. The third kappa shape index (κ3) is 5.42. The van der Waals surface area contributed by atoms with Gasteiger partial charge in [0, 0.05) is 36.6 Å². The van der Waals surface area contributed by atoms with Crippen molar-refractivity contribution >= 4 is 5.91 Å². The summed E-state index contributed by atoms with van der Waals surface area (Å²) in [6, 6.07) is 13.7. The van der Waals surface area contributed by atoms with E-state index in [0.717, 1.165) is 35.6 Å². The standard InChI is InChI=1S/C22H27N5O2/c1-15-20(16(2)26-25-15)13-23-21(28)19-10-9-18(24-22(19)29)14-27(3)12-11-17-7-5-4-6-8-17/h4-10H,11-14H2,1-3H3,(H,23,28)(H,24,29)(H,25,26). The molecule has 3 rings (SSSR count). The number of benzene rings is 1. The third-order valence-corrected chi connectivity index (χ3v) is 4.99. The SMILES string of the molecule is Cc1n[nH]c(C)c1CNC(=O)c1ccc(CN(C)CCc2ccccc2)[nH]c1=O. The minimum Gasteiger partial charge on any atom is -0.348 e. The van der Waals surface area contributed by atoms with Crippen LogP contribution in [0.5, 0.6) is 0 Å². The van der Waals surface area contributed by atoms with Crippen molar-refractivity contribution in [2.75, 3.05) is 13.6 Å². The van der Waals surface area contributed by atoms with Gasteiger partial charge >= 0.3 is 0 Å². The number of carbonyl (C=O) groups excluding carboxylic acids is 1. The number of carbonyl (C=O) groups is 1. The number of aromatic nitrogens is 3. The zero-order valence-electron chi connectivity index (χ0n) is 17.1. The first-order valence-corrected chi connectivity index (χ1v) is 9.67. The molecule has 7 heteroatoms. The summed E-state index contributed by atoms with van der Waals surface area (Å²) in [6.07, 6.45) is 0.939. The van der Waals surface area contributed by atoms with Gasteiger partial charge in [-0.3, -0.25) is 14.7 Å². The Balaban J connectivity index is 1.56. The van der Waals surface area contributed by atoms with Gasteiger partial charge in [-0.05, 0) is 45.0 Å². The molecule has 1 amide bonds. The maximum absolute atomic E-state index is 12.4. The molecule has 0 atom stereocenters. The fourth-order valence-electron chi connectivity index (χ4n) is 3.22. The van der Waals surface area contributed by atoms with E-state index >= 15 is 0 Å². The molecule has 3 N–H and O–H groups in total. The maximum atomic E-state index is 12.4. The molecule has 2 aromatic heterocycles. The first-order valence-electron chi connectivity index (χ1n) is 9.67. The summed E-state index contributed by atoms with van der Waals surface area (Å²) in [4.78, 5) is 29.8. The van der Waals surface area contributed by atoms with Crippen LogP contribution in [0.15, 0.2) is 47.3 Å². The minimum absolute atomic E-state index is 0.111. The van der Waals surface area contributed by atoms with E-state index in [1.807, 2.05) is 39.1 Å². The number of amides is 1. The molecule has 0 saturated heterocycles. The lowest BCUT2D eigenvalue weighted by molar-refractivity contribution is 0.0949. The fourth-order valence-corrected chi connectivity index (χ4v) is 3.22. The number of nitrogens with zero attached hydrogens (tertiary/aromatic N) is 2. The molecule has 0 aliphatic heterocycles. The maximum Gasteiger partial charge on any atom is 0.261 e. The quantitative estimate of drug-likeness (QED) is 0.547. The molecule has 0 saturated carbocycles. The Morgan fingerprint density at radius 3 is 2.55 bits per heavy atom. The highest BCUT2D eigenvalue weighted by molar-refractivity contribution is 5.93. The normalized spacial score (nSPS) is 11.0. The molecular weight excluding hydrogens is 366 g/mol. The van der Waals surface area contributed by atoms with Crippen LogP contribution in [0.3, 0.4) is 0 Å². The summed E-state index contributed by atoms with van der Waals surface area (Å²) in [5.74, 6) is -0.393. The molecule has 7 nitrogen and oxygen atoms in total. The van der Waals surface area contributed by atoms with Gasteiger partial charge in [0.05, 0.1) is 5.69 Å². The Labute approximate surface area is 170 Å². The Bertz CT molecular complexity index is 1000. The molecule has 0 fully saturated rings. The summed E-state index contributed by atoms with van der Waals surface area (Å²) in [5, 5.41) is 9.79. The predicted molar refractivity (Wildman–Crippen MR) is 113 cm³/mol. The van der Waals surface area contributed by atoms with E-state index in [1.54, 1.807) is 12.1 Å². The molecule has 152 valence electrons. The van der Waals surface area contributed by atoms with E-state index in [0.29, 0.717) is 13.1 Å². The lowest BCUT2D eigenvalue weighted by Crippen LogP contribution is -2.30. The van der Waals surface area contributed by atoms with E-state index in [9.17, 15) is 9.59 Å². The Morgan fingerprint density at radius 2 is 1.90 bits per heavy atom. The van der Waals surface area contributed by atoms with Crippen molar-refractivity contribution in [1.29, 1.82) is 0 Å². The Morgan fingerprint density at radius 1 is 1.14 bits per heavy atom. The van der Waals surface area contributed by atoms with Crippen LogP contribution in [0.25, 0.3) is 0 Å². The lowest BCUT2D eigenvalue weighted by atomic mass is 10.1. The second-order valence-electron chi connectivity index (χ2n) is 7.30. The fraction of sp³-hybridized carbons (Fsp3) is 0.318. The average Bonchev–Trinajstić information content (AvgIpc) is 3.03. The number of likely N-dealkylation sites (N-methyl/N-ethyl adjacent to an activating group) is 1. The molecule has 0 spiro atoms. The number of rotatable bonds is 8. The Kier molecular flexibility index (Phi) is 6.61. The number of aromatic amines is 2. The minimum atomic E-state index is -0.393. The zero-order chi connectivity index (χ0) is 20.8. The second-order valence-corrected chi connectivity index (χ2v) is 7.30. The topological polar surface area (TPSA) is 93.9 Å². The van der Waals surface area contributed by atoms with Gasteiger partial charge in [0.2, 0.25) is 0 Å². The molecule has 2 heterocycles. The van der Waals surface area contributed by atoms with Crippen LogP contribution < -0.4 is 10.9 Å². The van der Waals surface area contributed by atoms with Crippen molar-refractivity contribution in [2.24, 2.45) is 0 Å². The zero-order valence-corrected chi connectivity index (χ0v) is 17.1. The summed E-state index contributed by atoms with van der Waals surface area (Å²) in [5.41, 5.74) is 4.48. The number of aryl methyl sites for hydroxylation is 2. The summed E-state index contributed by atoms with van der Waals surface area (Å²) >= 11 is 0. The van der Waals surface area contributed by atoms with Gasteiger partial charge in [-0.1, -0.05) is 30.3 Å². The second kappa shape index (κ2) is 9.34. The Hall–Kier alpha value is -3.19. The van der Waals surface area contributed by atoms with Crippen molar-refractivity contribution in [3.63, 3.8) is 0 Å². The molecular formula is C22H27N5O2. The number of nitrogens with one attached hydrogen (secondary N) is 3. The number of hydrogen-bond acceptors (Lipinski definition) is 4. The molecule has 0 radical (unpaired) electrons. The largest absolute Gasteiger partial charge is 0.348 e. The van der Waals surface area contributed by atoms with E-state index in [-0.39, 0.29) is 11.1 Å². The van der Waals surface area contributed by atoms with Gasteiger partial charge in [0.15, 0.2) is 0 Å². The highest BCUT2D eigenvalue weighted by Crippen LogP contribution is 2.09. The molecule has 0 bridgehead atoms. The monoisotopic (exact) mass is 393 g/mol. The van der Waals surface area contributed by atoms with Gasteiger partial charge in [-0.2, -0.15) is 5.10 Å². The first kappa shape index (κ1) is 20.5. The smallest absolute Gasteiger partial charge is 0.261 e. The third-order valence-electron chi connectivity index (χ3n) is 4.99. The van der Waals surface area contributed by atoms with E-state index < -0.39 is 5.91 Å². The van der Waals surface area contributed by atoms with Crippen LogP contribution in [-0.4, -0.2) is 39.6 Å². The first-order chi connectivity index (χ1) is 13.9. The van der Waals surface area contributed by atoms with Gasteiger partial charge in [-0.25, -0.2) is 0 Å².